The molecule has 0 aliphatic carbocycles. The Bertz CT molecular complexity index is 753. The van der Waals surface area contributed by atoms with Gasteiger partial charge in [0.1, 0.15) is 31.0 Å². The average molecular weight is 384 g/mol. The topological polar surface area (TPSA) is 147 Å². The molecule has 0 aromatic carbocycles. The van der Waals surface area contributed by atoms with Crippen molar-refractivity contribution in [1.29, 1.82) is 0 Å². The van der Waals surface area contributed by atoms with Crippen molar-refractivity contribution >= 4 is 11.8 Å². The van der Waals surface area contributed by atoms with E-state index >= 15 is 0 Å². The number of ether oxygens (including phenoxy) is 4. The molecule has 1 aromatic rings. The maximum Gasteiger partial charge on any atom is 0.351 e. The Morgan fingerprint density at radius 3 is 2.81 bits per heavy atom. The van der Waals surface area contributed by atoms with Crippen LogP contribution in [0.2, 0.25) is 0 Å². The Hall–Kier alpha value is -2.05. The molecule has 0 spiro atoms. The summed E-state index contributed by atoms with van der Waals surface area (Å²) in [6.45, 7) is 5.20. The van der Waals surface area contributed by atoms with Gasteiger partial charge in [-0.2, -0.15) is 4.98 Å². The number of nitrogens with one attached hydrogen (secondary N) is 1. The summed E-state index contributed by atoms with van der Waals surface area (Å²) in [4.78, 5) is 27.8. The SMILES string of the molecule is CC[C@H](N)C(=O)OC[C@H]1O[C@@H](n2ccc(NO)nc2=O)[C@@H]2OC(C)(C)O[C@@H]21. The summed E-state index contributed by atoms with van der Waals surface area (Å²) < 4.78 is 24.1. The van der Waals surface area contributed by atoms with Crippen molar-refractivity contribution in [3.8, 4) is 0 Å². The van der Waals surface area contributed by atoms with Crippen molar-refractivity contribution in [3.63, 3.8) is 0 Å². The standard InChI is InChI=1S/C16H24N4O7/c1-4-8(17)14(21)24-7-9-11-12(27-16(2,3)26-11)13(25-9)20-6-5-10(19-23)18-15(20)22/h5-6,8-9,11-13,23H,4,7,17H2,1-3H3,(H,18,19,22)/t8-,9+,11+,12+,13+/m0/s1. The number of esters is 1. The molecule has 2 fully saturated rings. The molecule has 11 nitrogen and oxygen atoms in total. The lowest BCUT2D eigenvalue weighted by molar-refractivity contribution is -0.203. The van der Waals surface area contributed by atoms with E-state index in [4.69, 9.17) is 29.9 Å². The van der Waals surface area contributed by atoms with Crippen LogP contribution in [0.5, 0.6) is 0 Å². The number of fused-ring (bicyclic) bond motifs is 1. The zero-order valence-corrected chi connectivity index (χ0v) is 15.3. The molecule has 5 atom stereocenters. The van der Waals surface area contributed by atoms with E-state index < -0.39 is 48.0 Å². The number of hydrogen-bond donors (Lipinski definition) is 3. The molecule has 0 radical (unpaired) electrons. The second-order valence-electron chi connectivity index (χ2n) is 6.89. The molecule has 0 bridgehead atoms. The molecule has 2 aliphatic rings. The number of anilines is 1. The Morgan fingerprint density at radius 1 is 1.48 bits per heavy atom. The lowest BCUT2D eigenvalue weighted by Crippen LogP contribution is -2.37. The Balaban J connectivity index is 1.80. The van der Waals surface area contributed by atoms with Crippen molar-refractivity contribution in [2.75, 3.05) is 12.1 Å². The van der Waals surface area contributed by atoms with E-state index in [9.17, 15) is 9.59 Å². The van der Waals surface area contributed by atoms with E-state index in [-0.39, 0.29) is 12.4 Å². The maximum atomic E-state index is 12.3. The summed E-state index contributed by atoms with van der Waals surface area (Å²) in [5, 5.41) is 8.87. The van der Waals surface area contributed by atoms with Gasteiger partial charge in [0.05, 0.1) is 0 Å². The number of carbonyl (C=O) groups is 1. The molecule has 0 saturated carbocycles. The van der Waals surface area contributed by atoms with Gasteiger partial charge in [-0.15, -0.1) is 0 Å². The first-order chi connectivity index (χ1) is 12.8. The van der Waals surface area contributed by atoms with Crippen LogP contribution in [0.15, 0.2) is 17.1 Å². The first kappa shape index (κ1) is 19.7. The normalized spacial score (nSPS) is 30.0. The fourth-order valence-electron chi connectivity index (χ4n) is 3.12. The molecule has 1 aromatic heterocycles. The first-order valence-electron chi connectivity index (χ1n) is 8.68. The monoisotopic (exact) mass is 384 g/mol. The number of hydrogen-bond acceptors (Lipinski definition) is 10. The molecule has 0 unspecified atom stereocenters. The third kappa shape index (κ3) is 3.96. The van der Waals surface area contributed by atoms with Gasteiger partial charge in [-0.25, -0.2) is 4.79 Å². The van der Waals surface area contributed by atoms with E-state index in [1.54, 1.807) is 20.8 Å². The van der Waals surface area contributed by atoms with Gasteiger partial charge in [-0.05, 0) is 26.3 Å². The summed E-state index contributed by atoms with van der Waals surface area (Å²) in [7, 11) is 0. The number of carbonyl (C=O) groups excluding carboxylic acids is 1. The highest BCUT2D eigenvalue weighted by molar-refractivity contribution is 5.75. The summed E-state index contributed by atoms with van der Waals surface area (Å²) >= 11 is 0. The predicted octanol–water partition coefficient (Wildman–Crippen LogP) is -0.258. The van der Waals surface area contributed by atoms with Crippen LogP contribution in [0.4, 0.5) is 5.82 Å². The van der Waals surface area contributed by atoms with Crippen LogP contribution in [0, 0.1) is 0 Å². The Labute approximate surface area is 155 Å². The van der Waals surface area contributed by atoms with Gasteiger partial charge in [0.15, 0.2) is 17.8 Å². The number of rotatable bonds is 6. The van der Waals surface area contributed by atoms with Crippen LogP contribution in [0.25, 0.3) is 0 Å². The van der Waals surface area contributed by atoms with Gasteiger partial charge in [0.25, 0.3) is 0 Å². The Kier molecular flexibility index (Phi) is 5.49. The molecule has 27 heavy (non-hydrogen) atoms. The molecule has 150 valence electrons. The summed E-state index contributed by atoms with van der Waals surface area (Å²) in [5.74, 6) is -1.41. The smallest absolute Gasteiger partial charge is 0.351 e. The molecule has 3 rings (SSSR count). The van der Waals surface area contributed by atoms with Gasteiger partial charge in [-0.1, -0.05) is 6.92 Å². The minimum atomic E-state index is -0.886. The van der Waals surface area contributed by atoms with E-state index in [1.165, 1.54) is 16.8 Å². The van der Waals surface area contributed by atoms with Crippen molar-refractivity contribution in [2.45, 2.75) is 63.6 Å². The second kappa shape index (κ2) is 7.52. The molecule has 2 aliphatic heterocycles. The second-order valence-corrected chi connectivity index (χ2v) is 6.89. The minimum absolute atomic E-state index is 0.00810. The zero-order chi connectivity index (χ0) is 19.8. The van der Waals surface area contributed by atoms with Crippen molar-refractivity contribution < 1.29 is 28.9 Å². The summed E-state index contributed by atoms with van der Waals surface area (Å²) in [5.41, 5.74) is 6.84. The van der Waals surface area contributed by atoms with Gasteiger partial charge in [0, 0.05) is 6.20 Å². The highest BCUT2D eigenvalue weighted by atomic mass is 16.8. The largest absolute Gasteiger partial charge is 0.462 e. The molecule has 3 heterocycles. The third-order valence-electron chi connectivity index (χ3n) is 4.48. The van der Waals surface area contributed by atoms with Gasteiger partial charge < -0.3 is 24.7 Å². The lowest BCUT2D eigenvalue weighted by Gasteiger charge is -2.25. The van der Waals surface area contributed by atoms with Crippen LogP contribution in [0.1, 0.15) is 33.4 Å². The fraction of sp³-hybridized carbons (Fsp3) is 0.688. The summed E-state index contributed by atoms with van der Waals surface area (Å²) in [6, 6.07) is 0.703. The van der Waals surface area contributed by atoms with E-state index in [1.807, 2.05) is 5.48 Å². The van der Waals surface area contributed by atoms with Gasteiger partial charge in [-0.3, -0.25) is 20.0 Å². The molecule has 11 heteroatoms. The third-order valence-corrected chi connectivity index (χ3v) is 4.48. The van der Waals surface area contributed by atoms with E-state index in [0.29, 0.717) is 6.42 Å². The van der Waals surface area contributed by atoms with Crippen LogP contribution in [-0.2, 0) is 23.7 Å². The highest BCUT2D eigenvalue weighted by Crippen LogP contribution is 2.42. The molecular formula is C16H24N4O7. The Morgan fingerprint density at radius 2 is 2.19 bits per heavy atom. The van der Waals surface area contributed by atoms with Crippen LogP contribution in [-0.4, -0.2) is 57.5 Å². The van der Waals surface area contributed by atoms with E-state index in [0.717, 1.165) is 0 Å². The summed E-state index contributed by atoms with van der Waals surface area (Å²) in [6.07, 6.45) is -0.733. The maximum absolute atomic E-state index is 12.3. The minimum Gasteiger partial charge on any atom is -0.462 e. The van der Waals surface area contributed by atoms with Crippen LogP contribution >= 0.6 is 0 Å². The quantitative estimate of drug-likeness (QED) is 0.443. The number of aromatic nitrogens is 2. The van der Waals surface area contributed by atoms with Crippen LogP contribution in [0.3, 0.4) is 0 Å². The number of nitrogens with two attached hydrogens (primary N) is 1. The molecular weight excluding hydrogens is 360 g/mol. The first-order valence-corrected chi connectivity index (χ1v) is 8.68. The van der Waals surface area contributed by atoms with Gasteiger partial charge in [0.2, 0.25) is 0 Å². The van der Waals surface area contributed by atoms with Gasteiger partial charge >= 0.3 is 11.7 Å². The molecule has 4 N–H and O–H groups in total. The van der Waals surface area contributed by atoms with Crippen molar-refractivity contribution in [3.05, 3.63) is 22.7 Å². The predicted molar refractivity (Wildman–Crippen MR) is 90.9 cm³/mol. The van der Waals surface area contributed by atoms with Crippen molar-refractivity contribution in [2.24, 2.45) is 5.73 Å². The van der Waals surface area contributed by atoms with Crippen LogP contribution < -0.4 is 16.9 Å². The lowest BCUT2D eigenvalue weighted by atomic mass is 10.1. The average Bonchev–Trinajstić information content (AvgIpc) is 3.12. The van der Waals surface area contributed by atoms with Crippen molar-refractivity contribution in [1.82, 2.24) is 9.55 Å². The molecule has 2 saturated heterocycles. The highest BCUT2D eigenvalue weighted by Gasteiger charge is 2.56. The number of nitrogens with zero attached hydrogens (tertiary/aromatic N) is 2. The molecule has 0 amide bonds. The fourth-order valence-corrected chi connectivity index (χ4v) is 3.12. The zero-order valence-electron chi connectivity index (χ0n) is 15.3. The van der Waals surface area contributed by atoms with E-state index in [2.05, 4.69) is 4.98 Å².